The van der Waals surface area contributed by atoms with Crippen molar-refractivity contribution in [3.05, 3.63) is 102 Å². The van der Waals surface area contributed by atoms with Gasteiger partial charge in [0.1, 0.15) is 11.8 Å². The number of carbonyl (C=O) groups excluding carboxylic acids is 2. The van der Waals surface area contributed by atoms with Crippen LogP contribution in [0.5, 0.6) is 5.75 Å². The van der Waals surface area contributed by atoms with Crippen LogP contribution in [-0.4, -0.2) is 30.4 Å². The molecule has 5 heteroatoms. The van der Waals surface area contributed by atoms with Crippen molar-refractivity contribution in [3.63, 3.8) is 0 Å². The summed E-state index contributed by atoms with van der Waals surface area (Å²) in [5.74, 6) is 0.769. The first-order chi connectivity index (χ1) is 16.0. The van der Waals surface area contributed by atoms with E-state index in [2.05, 4.69) is 5.32 Å². The molecule has 5 nitrogen and oxygen atoms in total. The Hall–Kier alpha value is -3.60. The minimum atomic E-state index is -0.733. The first-order valence-corrected chi connectivity index (χ1v) is 11.3. The molecule has 3 aromatic rings. The lowest BCUT2D eigenvalue weighted by atomic mass is 10.0. The molecule has 33 heavy (non-hydrogen) atoms. The summed E-state index contributed by atoms with van der Waals surface area (Å²) in [5, 5.41) is 3.03. The van der Waals surface area contributed by atoms with Gasteiger partial charge in [0.2, 0.25) is 11.8 Å². The van der Waals surface area contributed by atoms with Crippen LogP contribution in [0, 0.1) is 5.92 Å². The van der Waals surface area contributed by atoms with Crippen LogP contribution in [0.4, 0.5) is 0 Å². The Morgan fingerprint density at radius 2 is 1.45 bits per heavy atom. The number of ether oxygens (including phenoxy) is 1. The third kappa shape index (κ3) is 6.94. The molecular weight excluding hydrogens is 412 g/mol. The number of nitrogens with zero attached hydrogens (tertiary/aromatic N) is 1. The van der Waals surface area contributed by atoms with Crippen LogP contribution in [0.2, 0.25) is 0 Å². The Balaban J connectivity index is 1.97. The van der Waals surface area contributed by atoms with Gasteiger partial charge in [-0.25, -0.2) is 0 Å². The van der Waals surface area contributed by atoms with E-state index in [-0.39, 0.29) is 18.2 Å². The second-order valence-corrected chi connectivity index (χ2v) is 8.48. The minimum Gasteiger partial charge on any atom is -0.497 e. The highest BCUT2D eigenvalue weighted by atomic mass is 16.5. The SMILES string of the molecule is COc1ccc(CN(C(=O)Cc2ccccc2)[C@@H](C(=O)NCC(C)C)c2ccccc2)cc1. The molecule has 0 saturated carbocycles. The molecule has 0 aliphatic heterocycles. The Kier molecular flexibility index (Phi) is 8.64. The minimum absolute atomic E-state index is 0.106. The quantitative estimate of drug-likeness (QED) is 0.490. The van der Waals surface area contributed by atoms with E-state index in [0.29, 0.717) is 19.0 Å². The molecule has 0 radical (unpaired) electrons. The summed E-state index contributed by atoms with van der Waals surface area (Å²) in [7, 11) is 1.62. The first kappa shape index (κ1) is 24.1. The van der Waals surface area contributed by atoms with E-state index in [1.807, 2.05) is 98.8 Å². The third-order valence-electron chi connectivity index (χ3n) is 5.39. The highest BCUT2D eigenvalue weighted by Crippen LogP contribution is 2.25. The molecule has 0 spiro atoms. The summed E-state index contributed by atoms with van der Waals surface area (Å²) in [6.45, 7) is 4.96. The average Bonchev–Trinajstić information content (AvgIpc) is 2.84. The summed E-state index contributed by atoms with van der Waals surface area (Å²) >= 11 is 0. The Morgan fingerprint density at radius 1 is 0.848 bits per heavy atom. The molecule has 0 fully saturated rings. The predicted molar refractivity (Wildman–Crippen MR) is 131 cm³/mol. The van der Waals surface area contributed by atoms with Gasteiger partial charge in [0.05, 0.1) is 13.5 Å². The summed E-state index contributed by atoms with van der Waals surface area (Å²) in [5.41, 5.74) is 2.63. The van der Waals surface area contributed by atoms with Gasteiger partial charge in [-0.2, -0.15) is 0 Å². The molecule has 2 amide bonds. The zero-order valence-electron chi connectivity index (χ0n) is 19.5. The molecule has 3 aromatic carbocycles. The van der Waals surface area contributed by atoms with E-state index in [4.69, 9.17) is 4.74 Å². The van der Waals surface area contributed by atoms with Gasteiger partial charge in [-0.1, -0.05) is 86.6 Å². The molecule has 0 bridgehead atoms. The normalized spacial score (nSPS) is 11.6. The summed E-state index contributed by atoms with van der Waals surface area (Å²) in [4.78, 5) is 28.7. The predicted octanol–water partition coefficient (Wildman–Crippen LogP) is 4.78. The van der Waals surface area contributed by atoms with Crippen molar-refractivity contribution in [1.82, 2.24) is 10.2 Å². The smallest absolute Gasteiger partial charge is 0.247 e. The molecular formula is C28H32N2O3. The highest BCUT2D eigenvalue weighted by Gasteiger charge is 2.31. The van der Waals surface area contributed by atoms with Crippen molar-refractivity contribution in [3.8, 4) is 5.75 Å². The number of nitrogens with one attached hydrogen (secondary N) is 1. The summed E-state index contributed by atoms with van der Waals surface area (Å²) in [6, 6.07) is 26.0. The molecule has 0 aliphatic carbocycles. The van der Waals surface area contributed by atoms with Gasteiger partial charge < -0.3 is 15.0 Å². The second-order valence-electron chi connectivity index (χ2n) is 8.48. The van der Waals surface area contributed by atoms with Crippen LogP contribution in [0.25, 0.3) is 0 Å². The second kappa shape index (κ2) is 11.9. The first-order valence-electron chi connectivity index (χ1n) is 11.3. The fourth-order valence-electron chi connectivity index (χ4n) is 3.63. The van der Waals surface area contributed by atoms with E-state index in [9.17, 15) is 9.59 Å². The monoisotopic (exact) mass is 444 g/mol. The molecule has 172 valence electrons. The maximum atomic E-state index is 13.6. The fraction of sp³-hybridized carbons (Fsp3) is 0.286. The van der Waals surface area contributed by atoms with Gasteiger partial charge in [0.15, 0.2) is 0 Å². The van der Waals surface area contributed by atoms with Crippen molar-refractivity contribution < 1.29 is 14.3 Å². The summed E-state index contributed by atoms with van der Waals surface area (Å²) in [6.07, 6.45) is 0.220. The maximum absolute atomic E-state index is 13.6. The van der Waals surface area contributed by atoms with Crippen LogP contribution >= 0.6 is 0 Å². The maximum Gasteiger partial charge on any atom is 0.247 e. The van der Waals surface area contributed by atoms with E-state index in [0.717, 1.165) is 22.4 Å². The zero-order chi connectivity index (χ0) is 23.6. The van der Waals surface area contributed by atoms with Crippen LogP contribution in [-0.2, 0) is 22.6 Å². The van der Waals surface area contributed by atoms with Crippen molar-refractivity contribution >= 4 is 11.8 Å². The van der Waals surface area contributed by atoms with Gasteiger partial charge in [-0.05, 0) is 34.7 Å². The van der Waals surface area contributed by atoms with Gasteiger partial charge >= 0.3 is 0 Å². The van der Waals surface area contributed by atoms with Crippen molar-refractivity contribution in [2.45, 2.75) is 32.9 Å². The molecule has 1 atom stereocenters. The van der Waals surface area contributed by atoms with E-state index >= 15 is 0 Å². The van der Waals surface area contributed by atoms with E-state index in [1.165, 1.54) is 0 Å². The topological polar surface area (TPSA) is 58.6 Å². The van der Waals surface area contributed by atoms with Crippen LogP contribution in [0.1, 0.15) is 36.6 Å². The van der Waals surface area contributed by atoms with Crippen LogP contribution < -0.4 is 10.1 Å². The third-order valence-corrected chi connectivity index (χ3v) is 5.39. The number of benzene rings is 3. The zero-order valence-corrected chi connectivity index (χ0v) is 19.5. The standard InChI is InChI=1S/C28H32N2O3/c1-21(2)19-29-28(32)27(24-12-8-5-9-13-24)30(20-23-14-16-25(33-3)17-15-23)26(31)18-22-10-6-4-7-11-22/h4-17,21,27H,18-20H2,1-3H3,(H,29,32)/t27-/m1/s1. The fourth-order valence-corrected chi connectivity index (χ4v) is 3.63. The molecule has 0 aliphatic rings. The Bertz CT molecular complexity index is 1020. The molecule has 3 rings (SSSR count). The van der Waals surface area contributed by atoms with Crippen molar-refractivity contribution in [2.75, 3.05) is 13.7 Å². The number of amides is 2. The number of carbonyl (C=O) groups is 2. The number of hydrogen-bond donors (Lipinski definition) is 1. The van der Waals surface area contributed by atoms with Gasteiger partial charge in [0.25, 0.3) is 0 Å². The molecule has 0 saturated heterocycles. The van der Waals surface area contributed by atoms with Crippen molar-refractivity contribution in [1.29, 1.82) is 0 Å². The lowest BCUT2D eigenvalue weighted by molar-refractivity contribution is -0.141. The molecule has 1 N–H and O–H groups in total. The van der Waals surface area contributed by atoms with E-state index < -0.39 is 6.04 Å². The summed E-state index contributed by atoms with van der Waals surface area (Å²) < 4.78 is 5.27. The van der Waals surface area contributed by atoms with Crippen molar-refractivity contribution in [2.24, 2.45) is 5.92 Å². The molecule has 0 aromatic heterocycles. The Morgan fingerprint density at radius 3 is 2.03 bits per heavy atom. The molecule has 0 unspecified atom stereocenters. The average molecular weight is 445 g/mol. The van der Waals surface area contributed by atoms with Crippen LogP contribution in [0.15, 0.2) is 84.9 Å². The van der Waals surface area contributed by atoms with Gasteiger partial charge in [0, 0.05) is 13.1 Å². The number of rotatable bonds is 10. The number of methoxy groups -OCH3 is 1. The largest absolute Gasteiger partial charge is 0.497 e. The number of hydrogen-bond acceptors (Lipinski definition) is 3. The lowest BCUT2D eigenvalue weighted by Gasteiger charge is -2.32. The van der Waals surface area contributed by atoms with Crippen LogP contribution in [0.3, 0.4) is 0 Å². The highest BCUT2D eigenvalue weighted by molar-refractivity contribution is 5.89. The van der Waals surface area contributed by atoms with Gasteiger partial charge in [-0.15, -0.1) is 0 Å². The van der Waals surface area contributed by atoms with E-state index in [1.54, 1.807) is 12.0 Å². The lowest BCUT2D eigenvalue weighted by Crippen LogP contribution is -2.44. The van der Waals surface area contributed by atoms with Gasteiger partial charge in [-0.3, -0.25) is 9.59 Å². The molecule has 0 heterocycles. The Labute approximate surface area is 196 Å².